The lowest BCUT2D eigenvalue weighted by Crippen LogP contribution is -2.30. The number of ether oxygens (including phenoxy) is 2. The molecule has 1 aliphatic rings. The van der Waals surface area contributed by atoms with Gasteiger partial charge >= 0.3 is 5.97 Å². The van der Waals surface area contributed by atoms with E-state index in [-0.39, 0.29) is 30.3 Å². The van der Waals surface area contributed by atoms with Gasteiger partial charge in [-0.15, -0.1) is 0 Å². The van der Waals surface area contributed by atoms with Crippen molar-refractivity contribution in [2.45, 2.75) is 104 Å². The van der Waals surface area contributed by atoms with E-state index in [0.717, 1.165) is 31.6 Å². The Bertz CT molecular complexity index is 736. The van der Waals surface area contributed by atoms with E-state index in [9.17, 15) is 18.7 Å². The Morgan fingerprint density at radius 2 is 1.75 bits per heavy atom. The average molecular weight is 455 g/mol. The van der Waals surface area contributed by atoms with Gasteiger partial charge in [-0.05, 0) is 71.3 Å². The van der Waals surface area contributed by atoms with Gasteiger partial charge in [0, 0.05) is 5.56 Å². The summed E-state index contributed by atoms with van der Waals surface area (Å²) in [7, 11) is 0. The van der Waals surface area contributed by atoms with E-state index in [4.69, 9.17) is 9.47 Å². The maximum atomic E-state index is 14.9. The van der Waals surface area contributed by atoms with E-state index in [2.05, 4.69) is 6.92 Å². The van der Waals surface area contributed by atoms with Gasteiger partial charge < -0.3 is 14.6 Å². The van der Waals surface area contributed by atoms with Gasteiger partial charge in [0.25, 0.3) is 0 Å². The number of hydrogen-bond donors (Lipinski definition) is 1. The monoisotopic (exact) mass is 454 g/mol. The van der Waals surface area contributed by atoms with Crippen molar-refractivity contribution in [3.05, 3.63) is 29.3 Å². The van der Waals surface area contributed by atoms with E-state index in [0.29, 0.717) is 6.42 Å². The van der Waals surface area contributed by atoms with Crippen LogP contribution < -0.4 is 4.74 Å². The largest absolute Gasteiger partial charge is 0.491 e. The minimum atomic E-state index is -1.10. The smallest absolute Gasteiger partial charge is 0.314 e. The van der Waals surface area contributed by atoms with E-state index in [1.807, 2.05) is 0 Å². The van der Waals surface area contributed by atoms with Crippen LogP contribution in [0.4, 0.5) is 8.78 Å². The van der Waals surface area contributed by atoms with Crippen LogP contribution in [0.3, 0.4) is 0 Å². The third-order valence-corrected chi connectivity index (χ3v) is 6.33. The molecule has 0 radical (unpaired) electrons. The molecule has 1 fully saturated rings. The molecule has 2 atom stereocenters. The number of hydrogen-bond acceptors (Lipinski definition) is 4. The highest BCUT2D eigenvalue weighted by molar-refractivity contribution is 5.78. The Balaban J connectivity index is 2.15. The Morgan fingerprint density at radius 1 is 1.09 bits per heavy atom. The first kappa shape index (κ1) is 26.6. The summed E-state index contributed by atoms with van der Waals surface area (Å²) in [5.41, 5.74) is -0.814. The average Bonchev–Trinajstić information content (AvgIpc) is 2.72. The van der Waals surface area contributed by atoms with Crippen LogP contribution in [0.25, 0.3) is 0 Å². The van der Waals surface area contributed by atoms with Crippen LogP contribution in [-0.4, -0.2) is 29.4 Å². The fourth-order valence-corrected chi connectivity index (χ4v) is 4.70. The van der Waals surface area contributed by atoms with Crippen LogP contribution in [0, 0.1) is 23.5 Å². The molecule has 1 aromatic carbocycles. The molecule has 182 valence electrons. The summed E-state index contributed by atoms with van der Waals surface area (Å²) in [6.45, 7) is 9.30. The number of aliphatic hydroxyl groups excluding tert-OH is 1. The highest BCUT2D eigenvalue weighted by Gasteiger charge is 2.33. The molecule has 1 saturated carbocycles. The Morgan fingerprint density at radius 3 is 2.31 bits per heavy atom. The zero-order valence-corrected chi connectivity index (χ0v) is 20.3. The van der Waals surface area contributed by atoms with Crippen LogP contribution in [-0.2, 0) is 9.53 Å². The second kappa shape index (κ2) is 12.0. The molecule has 0 aromatic heterocycles. The number of aliphatic hydroxyl groups is 1. The molecule has 0 aliphatic heterocycles. The van der Waals surface area contributed by atoms with Gasteiger partial charge in [0.1, 0.15) is 5.60 Å². The zero-order chi connectivity index (χ0) is 23.9. The normalized spacial score (nSPS) is 21.1. The van der Waals surface area contributed by atoms with Gasteiger partial charge in [-0.2, -0.15) is 4.39 Å². The summed E-state index contributed by atoms with van der Waals surface area (Å²) in [5.74, 6) is -3.07. The first-order valence-corrected chi connectivity index (χ1v) is 12.1. The molecule has 1 N–H and O–H groups in total. The Hall–Kier alpha value is -1.69. The summed E-state index contributed by atoms with van der Waals surface area (Å²) in [6.07, 6.45) is 6.53. The van der Waals surface area contributed by atoms with E-state index in [1.165, 1.54) is 25.0 Å². The van der Waals surface area contributed by atoms with Crippen LogP contribution >= 0.6 is 0 Å². The van der Waals surface area contributed by atoms with Crippen molar-refractivity contribution >= 4 is 5.97 Å². The summed E-state index contributed by atoms with van der Waals surface area (Å²) >= 11 is 0. The molecular weight excluding hydrogens is 414 g/mol. The zero-order valence-electron chi connectivity index (χ0n) is 20.3. The van der Waals surface area contributed by atoms with Crippen LogP contribution in [0.1, 0.15) is 97.5 Å². The molecular formula is C26H40F2O4. The van der Waals surface area contributed by atoms with Crippen molar-refractivity contribution < 1.29 is 28.2 Å². The van der Waals surface area contributed by atoms with Crippen molar-refractivity contribution in [2.75, 3.05) is 6.61 Å². The number of rotatable bonds is 10. The number of carbonyl (C=O) groups excluding carboxylic acids is 1. The first-order chi connectivity index (χ1) is 15.1. The molecule has 6 heteroatoms. The second-order valence-corrected chi connectivity index (χ2v) is 10.0. The fourth-order valence-electron chi connectivity index (χ4n) is 4.70. The standard InChI is InChI=1S/C26H40F2O4/c1-6-8-17-9-11-18(12-10-17)21(29)15-13-20(25(30)32-26(3,4)5)19-14-16-22(31-7-2)24(28)23(19)27/h14,16-18,20-21,29H,6-13,15H2,1-5H3. The van der Waals surface area contributed by atoms with E-state index in [1.54, 1.807) is 27.7 Å². The van der Waals surface area contributed by atoms with Gasteiger partial charge in [-0.3, -0.25) is 4.79 Å². The summed E-state index contributed by atoms with van der Waals surface area (Å²) in [4.78, 5) is 12.9. The van der Waals surface area contributed by atoms with Crippen LogP contribution in [0.2, 0.25) is 0 Å². The molecule has 1 aliphatic carbocycles. The highest BCUT2D eigenvalue weighted by atomic mass is 19.2. The molecule has 1 aromatic rings. The number of benzene rings is 1. The fraction of sp³-hybridized carbons (Fsp3) is 0.731. The molecule has 32 heavy (non-hydrogen) atoms. The summed E-state index contributed by atoms with van der Waals surface area (Å²) in [6, 6.07) is 2.74. The molecule has 4 nitrogen and oxygen atoms in total. The van der Waals surface area contributed by atoms with Gasteiger partial charge in [-0.1, -0.05) is 38.7 Å². The second-order valence-electron chi connectivity index (χ2n) is 10.0. The van der Waals surface area contributed by atoms with E-state index < -0.39 is 35.2 Å². The maximum Gasteiger partial charge on any atom is 0.314 e. The van der Waals surface area contributed by atoms with Crippen molar-refractivity contribution in [1.29, 1.82) is 0 Å². The summed E-state index contributed by atoms with van der Waals surface area (Å²) in [5, 5.41) is 10.8. The lowest BCUT2D eigenvalue weighted by molar-refractivity contribution is -0.157. The first-order valence-electron chi connectivity index (χ1n) is 12.1. The minimum absolute atomic E-state index is 0.0564. The third-order valence-electron chi connectivity index (χ3n) is 6.33. The highest BCUT2D eigenvalue weighted by Crippen LogP contribution is 2.37. The molecule has 2 unspecified atom stereocenters. The molecule has 0 amide bonds. The molecule has 0 bridgehead atoms. The number of halogens is 2. The molecule has 0 saturated heterocycles. The predicted octanol–water partition coefficient (Wildman–Crippen LogP) is 6.54. The third kappa shape index (κ3) is 7.43. The molecule has 0 spiro atoms. The molecule has 2 rings (SSSR count). The lowest BCUT2D eigenvalue weighted by Gasteiger charge is -2.32. The van der Waals surface area contributed by atoms with Crippen molar-refractivity contribution in [2.24, 2.45) is 11.8 Å². The topological polar surface area (TPSA) is 55.8 Å². The molecule has 0 heterocycles. The van der Waals surface area contributed by atoms with Crippen LogP contribution in [0.15, 0.2) is 12.1 Å². The van der Waals surface area contributed by atoms with E-state index >= 15 is 0 Å². The predicted molar refractivity (Wildman–Crippen MR) is 122 cm³/mol. The maximum absolute atomic E-state index is 14.9. The quantitative estimate of drug-likeness (QED) is 0.408. The number of esters is 1. The van der Waals surface area contributed by atoms with Gasteiger partial charge in [0.2, 0.25) is 5.82 Å². The van der Waals surface area contributed by atoms with Gasteiger partial charge in [0.05, 0.1) is 18.6 Å². The van der Waals surface area contributed by atoms with Crippen molar-refractivity contribution in [1.82, 2.24) is 0 Å². The number of carbonyl (C=O) groups is 1. The van der Waals surface area contributed by atoms with Crippen LogP contribution in [0.5, 0.6) is 5.75 Å². The van der Waals surface area contributed by atoms with Gasteiger partial charge in [0.15, 0.2) is 11.6 Å². The summed E-state index contributed by atoms with van der Waals surface area (Å²) < 4.78 is 40.0. The Labute approximate surface area is 191 Å². The van der Waals surface area contributed by atoms with Crippen molar-refractivity contribution in [3.8, 4) is 5.75 Å². The minimum Gasteiger partial charge on any atom is -0.491 e. The Kier molecular flexibility index (Phi) is 9.93. The van der Waals surface area contributed by atoms with Crippen molar-refractivity contribution in [3.63, 3.8) is 0 Å². The van der Waals surface area contributed by atoms with Gasteiger partial charge in [-0.25, -0.2) is 4.39 Å². The SMILES string of the molecule is CCCC1CCC(C(O)CCC(C(=O)OC(C)(C)C)c2ccc(OCC)c(F)c2F)CC1. The lowest BCUT2D eigenvalue weighted by atomic mass is 9.76.